The van der Waals surface area contributed by atoms with Crippen molar-refractivity contribution in [2.45, 2.75) is 32.7 Å². The van der Waals surface area contributed by atoms with Crippen LogP contribution in [-0.4, -0.2) is 12.6 Å². The molecule has 1 aromatic carbocycles. The minimum absolute atomic E-state index is 0.0550. The molecule has 0 fully saturated rings. The Bertz CT molecular complexity index is 312. The molecule has 0 heterocycles. The molecule has 0 aliphatic carbocycles. The topological polar surface area (TPSA) is 35.2 Å². The van der Waals surface area contributed by atoms with E-state index in [0.29, 0.717) is 18.8 Å². The van der Waals surface area contributed by atoms with Gasteiger partial charge in [0.15, 0.2) is 0 Å². The molecule has 0 bridgehead atoms. The van der Waals surface area contributed by atoms with Gasteiger partial charge >= 0.3 is 0 Å². The summed E-state index contributed by atoms with van der Waals surface area (Å²) < 4.78 is 18.5. The van der Waals surface area contributed by atoms with Gasteiger partial charge in [0, 0.05) is 12.1 Å². The predicted octanol–water partition coefficient (Wildman–Crippen LogP) is 2.50. The Hall–Kier alpha value is -1.09. The first-order chi connectivity index (χ1) is 7.13. The van der Waals surface area contributed by atoms with Crippen molar-refractivity contribution in [1.29, 1.82) is 0 Å². The highest BCUT2D eigenvalue weighted by Crippen LogP contribution is 2.21. The first-order valence-corrected chi connectivity index (χ1v) is 5.30. The SMILES string of the molecule is CCCOc1cc(F)ccc1CC(C)N. The second-order valence-corrected chi connectivity index (χ2v) is 3.78. The lowest BCUT2D eigenvalue weighted by Crippen LogP contribution is -2.18. The van der Waals surface area contributed by atoms with E-state index in [0.717, 1.165) is 12.0 Å². The molecular weight excluding hydrogens is 193 g/mol. The molecule has 0 aliphatic heterocycles. The van der Waals surface area contributed by atoms with E-state index in [4.69, 9.17) is 10.5 Å². The highest BCUT2D eigenvalue weighted by molar-refractivity contribution is 5.34. The number of halogens is 1. The maximum absolute atomic E-state index is 13.0. The van der Waals surface area contributed by atoms with E-state index in [1.165, 1.54) is 12.1 Å². The summed E-state index contributed by atoms with van der Waals surface area (Å²) in [6.45, 7) is 4.55. The fourth-order valence-electron chi connectivity index (χ4n) is 1.39. The van der Waals surface area contributed by atoms with E-state index in [1.54, 1.807) is 6.07 Å². The summed E-state index contributed by atoms with van der Waals surface area (Å²) >= 11 is 0. The van der Waals surface area contributed by atoms with Gasteiger partial charge in [-0.05, 0) is 31.4 Å². The van der Waals surface area contributed by atoms with Crippen LogP contribution < -0.4 is 10.5 Å². The molecule has 84 valence electrons. The lowest BCUT2D eigenvalue weighted by Gasteiger charge is -2.12. The van der Waals surface area contributed by atoms with Crippen LogP contribution >= 0.6 is 0 Å². The van der Waals surface area contributed by atoms with Gasteiger partial charge in [-0.3, -0.25) is 0 Å². The minimum Gasteiger partial charge on any atom is -0.493 e. The summed E-state index contributed by atoms with van der Waals surface area (Å²) in [4.78, 5) is 0. The third-order valence-corrected chi connectivity index (χ3v) is 2.03. The zero-order valence-corrected chi connectivity index (χ0v) is 9.29. The van der Waals surface area contributed by atoms with Gasteiger partial charge in [-0.2, -0.15) is 0 Å². The second-order valence-electron chi connectivity index (χ2n) is 3.78. The third kappa shape index (κ3) is 3.88. The van der Waals surface area contributed by atoms with E-state index in [9.17, 15) is 4.39 Å². The average Bonchev–Trinajstić information content (AvgIpc) is 2.18. The zero-order valence-electron chi connectivity index (χ0n) is 9.29. The van der Waals surface area contributed by atoms with Gasteiger partial charge in [0.1, 0.15) is 11.6 Å². The molecule has 2 N–H and O–H groups in total. The van der Waals surface area contributed by atoms with Crippen molar-refractivity contribution >= 4 is 0 Å². The fourth-order valence-corrected chi connectivity index (χ4v) is 1.39. The van der Waals surface area contributed by atoms with Crippen molar-refractivity contribution in [3.05, 3.63) is 29.6 Å². The fraction of sp³-hybridized carbons (Fsp3) is 0.500. The highest BCUT2D eigenvalue weighted by Gasteiger charge is 2.07. The van der Waals surface area contributed by atoms with E-state index in [1.807, 2.05) is 13.8 Å². The van der Waals surface area contributed by atoms with Gasteiger partial charge in [0.2, 0.25) is 0 Å². The Morgan fingerprint density at radius 1 is 1.47 bits per heavy atom. The third-order valence-electron chi connectivity index (χ3n) is 2.03. The van der Waals surface area contributed by atoms with Crippen LogP contribution in [0.5, 0.6) is 5.75 Å². The van der Waals surface area contributed by atoms with E-state index in [2.05, 4.69) is 0 Å². The van der Waals surface area contributed by atoms with Crippen molar-refractivity contribution in [2.75, 3.05) is 6.61 Å². The summed E-state index contributed by atoms with van der Waals surface area (Å²) in [6, 6.07) is 4.66. The van der Waals surface area contributed by atoms with Crippen LogP contribution in [0, 0.1) is 5.82 Å². The van der Waals surface area contributed by atoms with Crippen LogP contribution in [-0.2, 0) is 6.42 Å². The van der Waals surface area contributed by atoms with Crippen LogP contribution in [0.25, 0.3) is 0 Å². The molecule has 0 aromatic heterocycles. The molecule has 0 spiro atoms. The maximum atomic E-state index is 13.0. The van der Waals surface area contributed by atoms with E-state index in [-0.39, 0.29) is 11.9 Å². The van der Waals surface area contributed by atoms with E-state index < -0.39 is 0 Å². The molecule has 1 aromatic rings. The second kappa shape index (κ2) is 5.71. The van der Waals surface area contributed by atoms with Gasteiger partial charge in [0.05, 0.1) is 6.61 Å². The van der Waals surface area contributed by atoms with E-state index >= 15 is 0 Å². The summed E-state index contributed by atoms with van der Waals surface area (Å²) in [6.07, 6.45) is 1.62. The van der Waals surface area contributed by atoms with Crippen molar-refractivity contribution in [2.24, 2.45) is 5.73 Å². The average molecular weight is 211 g/mol. The van der Waals surface area contributed by atoms with Crippen LogP contribution in [0.15, 0.2) is 18.2 Å². The Kier molecular flexibility index (Phi) is 4.56. The normalized spacial score (nSPS) is 12.5. The van der Waals surface area contributed by atoms with Crippen LogP contribution in [0.3, 0.4) is 0 Å². The minimum atomic E-state index is -0.269. The monoisotopic (exact) mass is 211 g/mol. The lowest BCUT2D eigenvalue weighted by atomic mass is 10.1. The maximum Gasteiger partial charge on any atom is 0.126 e. The largest absolute Gasteiger partial charge is 0.493 e. The number of ether oxygens (including phenoxy) is 1. The van der Waals surface area contributed by atoms with Gasteiger partial charge < -0.3 is 10.5 Å². The molecular formula is C12H18FNO. The Morgan fingerprint density at radius 3 is 2.80 bits per heavy atom. The van der Waals surface area contributed by atoms with Crippen LogP contribution in [0.4, 0.5) is 4.39 Å². The lowest BCUT2D eigenvalue weighted by molar-refractivity contribution is 0.312. The van der Waals surface area contributed by atoms with Crippen molar-refractivity contribution in [3.63, 3.8) is 0 Å². The quantitative estimate of drug-likeness (QED) is 0.812. The Balaban J connectivity index is 2.82. The molecule has 3 heteroatoms. The van der Waals surface area contributed by atoms with Gasteiger partial charge in [-0.1, -0.05) is 13.0 Å². The van der Waals surface area contributed by atoms with Crippen molar-refractivity contribution in [1.82, 2.24) is 0 Å². The highest BCUT2D eigenvalue weighted by atomic mass is 19.1. The van der Waals surface area contributed by atoms with Crippen molar-refractivity contribution < 1.29 is 9.13 Å². The van der Waals surface area contributed by atoms with Gasteiger partial charge in [-0.25, -0.2) is 4.39 Å². The van der Waals surface area contributed by atoms with Gasteiger partial charge in [0.25, 0.3) is 0 Å². The summed E-state index contributed by atoms with van der Waals surface area (Å²) in [5.74, 6) is 0.351. The summed E-state index contributed by atoms with van der Waals surface area (Å²) in [7, 11) is 0. The molecule has 0 amide bonds. The first kappa shape index (κ1) is 12.0. The number of rotatable bonds is 5. The number of hydrogen-bond acceptors (Lipinski definition) is 2. The molecule has 15 heavy (non-hydrogen) atoms. The molecule has 1 unspecified atom stereocenters. The molecule has 0 radical (unpaired) electrons. The molecule has 0 saturated carbocycles. The number of benzene rings is 1. The zero-order chi connectivity index (χ0) is 11.3. The van der Waals surface area contributed by atoms with Gasteiger partial charge in [-0.15, -0.1) is 0 Å². The molecule has 0 aliphatic rings. The number of hydrogen-bond donors (Lipinski definition) is 1. The molecule has 0 saturated heterocycles. The Morgan fingerprint density at radius 2 is 2.20 bits per heavy atom. The molecule has 2 nitrogen and oxygen atoms in total. The van der Waals surface area contributed by atoms with Crippen LogP contribution in [0.2, 0.25) is 0 Å². The molecule has 1 atom stereocenters. The summed E-state index contributed by atoms with van der Waals surface area (Å²) in [5, 5.41) is 0. The number of nitrogens with two attached hydrogens (primary N) is 1. The smallest absolute Gasteiger partial charge is 0.126 e. The Labute approximate surface area is 90.2 Å². The first-order valence-electron chi connectivity index (χ1n) is 5.30. The standard InChI is InChI=1S/C12H18FNO/c1-3-6-15-12-8-11(13)5-4-10(12)7-9(2)14/h4-5,8-9H,3,6-7,14H2,1-2H3. The molecule has 1 rings (SSSR count). The predicted molar refractivity (Wildman–Crippen MR) is 59.5 cm³/mol. The van der Waals surface area contributed by atoms with Crippen LogP contribution in [0.1, 0.15) is 25.8 Å². The van der Waals surface area contributed by atoms with Crippen molar-refractivity contribution in [3.8, 4) is 5.75 Å². The summed E-state index contributed by atoms with van der Waals surface area (Å²) in [5.41, 5.74) is 6.68.